The lowest BCUT2D eigenvalue weighted by molar-refractivity contribution is 0.380. The van der Waals surface area contributed by atoms with E-state index in [1.807, 2.05) is 6.07 Å². The van der Waals surface area contributed by atoms with Crippen LogP contribution in [0.4, 0.5) is 5.82 Å². The maximum atomic E-state index is 6.42. The number of pyridine rings is 1. The number of nitrogens with one attached hydrogen (secondary N) is 1. The minimum atomic E-state index is 0.317. The fourth-order valence-electron chi connectivity index (χ4n) is 3.02. The van der Waals surface area contributed by atoms with Crippen LogP contribution in [0.2, 0.25) is 0 Å². The molecule has 1 aliphatic carbocycles. The van der Waals surface area contributed by atoms with Gasteiger partial charge in [0.1, 0.15) is 5.82 Å². The van der Waals surface area contributed by atoms with Gasteiger partial charge in [-0.1, -0.05) is 31.0 Å². The summed E-state index contributed by atoms with van der Waals surface area (Å²) in [6.07, 6.45) is 4.96. The number of nitrogens with zero attached hydrogens (tertiary/aromatic N) is 1. The molecule has 20 heavy (non-hydrogen) atoms. The van der Waals surface area contributed by atoms with Crippen molar-refractivity contribution in [3.63, 3.8) is 0 Å². The van der Waals surface area contributed by atoms with Crippen LogP contribution in [0.15, 0.2) is 30.3 Å². The van der Waals surface area contributed by atoms with E-state index in [0.29, 0.717) is 11.3 Å². The summed E-state index contributed by atoms with van der Waals surface area (Å²) in [7, 11) is 0. The van der Waals surface area contributed by atoms with Crippen molar-refractivity contribution in [2.24, 2.45) is 5.92 Å². The molecule has 2 unspecified atom stereocenters. The third-order valence-corrected chi connectivity index (χ3v) is 4.84. The van der Waals surface area contributed by atoms with Crippen molar-refractivity contribution in [2.45, 2.75) is 38.0 Å². The third-order valence-electron chi connectivity index (χ3n) is 4.26. The zero-order valence-electron chi connectivity index (χ0n) is 11.9. The molecule has 2 aromatic rings. The van der Waals surface area contributed by atoms with E-state index in [-0.39, 0.29) is 0 Å². The van der Waals surface area contributed by atoms with Crippen LogP contribution in [-0.4, -0.2) is 16.9 Å². The van der Waals surface area contributed by atoms with Gasteiger partial charge in [-0.25, -0.2) is 4.98 Å². The summed E-state index contributed by atoms with van der Waals surface area (Å²) in [5.41, 5.74) is 2.25. The number of alkyl halides is 1. The van der Waals surface area contributed by atoms with E-state index in [0.717, 1.165) is 24.3 Å². The molecule has 0 bridgehead atoms. The van der Waals surface area contributed by atoms with Crippen LogP contribution in [0.5, 0.6) is 0 Å². The topological polar surface area (TPSA) is 24.9 Å². The Bertz CT molecular complexity index is 597. The number of aryl methyl sites for hydroxylation is 1. The first-order chi connectivity index (χ1) is 9.74. The van der Waals surface area contributed by atoms with E-state index in [9.17, 15) is 0 Å². The summed E-state index contributed by atoms with van der Waals surface area (Å²) in [4.78, 5) is 4.73. The molecule has 1 aliphatic rings. The van der Waals surface area contributed by atoms with E-state index in [1.54, 1.807) is 0 Å². The fraction of sp³-hybridized carbons (Fsp3) is 0.471. The first-order valence-electron chi connectivity index (χ1n) is 7.48. The molecule has 3 heteroatoms. The summed E-state index contributed by atoms with van der Waals surface area (Å²) in [6, 6.07) is 10.4. The molecule has 0 radical (unpaired) electrons. The molecule has 1 saturated carbocycles. The van der Waals surface area contributed by atoms with Crippen molar-refractivity contribution >= 4 is 28.3 Å². The number of fused-ring (bicyclic) bond motifs is 1. The number of halogens is 1. The summed E-state index contributed by atoms with van der Waals surface area (Å²) in [5.74, 6) is 1.57. The van der Waals surface area contributed by atoms with Crippen LogP contribution in [0.1, 0.15) is 31.2 Å². The van der Waals surface area contributed by atoms with Crippen LogP contribution in [0.25, 0.3) is 10.9 Å². The molecular formula is C17H21ClN2. The molecule has 0 saturated heterocycles. The summed E-state index contributed by atoms with van der Waals surface area (Å²) >= 11 is 6.42. The number of para-hydroxylation sites is 1. The van der Waals surface area contributed by atoms with Gasteiger partial charge in [0.25, 0.3) is 0 Å². The maximum Gasteiger partial charge on any atom is 0.129 e. The molecule has 1 heterocycles. The number of aromatic nitrogens is 1. The van der Waals surface area contributed by atoms with Gasteiger partial charge in [0.2, 0.25) is 0 Å². The Hall–Kier alpha value is -1.28. The fourth-order valence-corrected chi connectivity index (χ4v) is 3.39. The van der Waals surface area contributed by atoms with E-state index in [2.05, 4.69) is 36.5 Å². The Kier molecular flexibility index (Phi) is 4.11. The smallest absolute Gasteiger partial charge is 0.129 e. The Balaban J connectivity index is 1.75. The normalized spacial score (nSPS) is 22.9. The molecule has 2 atom stereocenters. The van der Waals surface area contributed by atoms with Crippen molar-refractivity contribution in [1.82, 2.24) is 4.98 Å². The maximum absolute atomic E-state index is 6.42. The Morgan fingerprint density at radius 1 is 1.25 bits per heavy atom. The van der Waals surface area contributed by atoms with Gasteiger partial charge in [-0.2, -0.15) is 0 Å². The number of anilines is 1. The van der Waals surface area contributed by atoms with Crippen molar-refractivity contribution in [3.8, 4) is 0 Å². The minimum absolute atomic E-state index is 0.317. The molecule has 2 nitrogen and oxygen atoms in total. The Morgan fingerprint density at radius 2 is 2.05 bits per heavy atom. The largest absolute Gasteiger partial charge is 0.370 e. The van der Waals surface area contributed by atoms with E-state index in [4.69, 9.17) is 16.6 Å². The highest BCUT2D eigenvalue weighted by Crippen LogP contribution is 2.29. The molecule has 0 aliphatic heterocycles. The van der Waals surface area contributed by atoms with E-state index >= 15 is 0 Å². The minimum Gasteiger partial charge on any atom is -0.370 e. The van der Waals surface area contributed by atoms with Gasteiger partial charge in [-0.15, -0.1) is 11.6 Å². The van der Waals surface area contributed by atoms with Crippen molar-refractivity contribution in [3.05, 3.63) is 35.9 Å². The predicted octanol–water partition coefficient (Wildman–Crippen LogP) is 4.75. The summed E-state index contributed by atoms with van der Waals surface area (Å²) in [6.45, 7) is 3.04. The zero-order valence-corrected chi connectivity index (χ0v) is 12.7. The first kappa shape index (κ1) is 13.7. The van der Waals surface area contributed by atoms with E-state index in [1.165, 1.54) is 30.2 Å². The standard InChI is InChI=1S/C17H21ClN2/c1-12-10-13-6-3-5-9-16(13)20-17(12)19-11-14-7-2-4-8-15(14)18/h3,5-6,9-10,14-15H,2,4,7-8,11H2,1H3,(H,19,20). The monoisotopic (exact) mass is 288 g/mol. The molecule has 0 spiro atoms. The highest BCUT2D eigenvalue weighted by molar-refractivity contribution is 6.20. The molecular weight excluding hydrogens is 268 g/mol. The third kappa shape index (κ3) is 2.90. The number of hydrogen-bond donors (Lipinski definition) is 1. The van der Waals surface area contributed by atoms with Crippen LogP contribution >= 0.6 is 11.6 Å². The SMILES string of the molecule is Cc1cc2ccccc2nc1NCC1CCCCC1Cl. The van der Waals surface area contributed by atoms with Crippen molar-refractivity contribution < 1.29 is 0 Å². The van der Waals surface area contributed by atoms with Gasteiger partial charge < -0.3 is 5.32 Å². The molecule has 0 amide bonds. The lowest BCUT2D eigenvalue weighted by atomic mass is 9.89. The Labute approximate surface area is 125 Å². The van der Waals surface area contributed by atoms with Crippen molar-refractivity contribution in [2.75, 3.05) is 11.9 Å². The van der Waals surface area contributed by atoms with Gasteiger partial charge in [-0.3, -0.25) is 0 Å². The van der Waals surface area contributed by atoms with Crippen LogP contribution in [0.3, 0.4) is 0 Å². The number of hydrogen-bond acceptors (Lipinski definition) is 2. The van der Waals surface area contributed by atoms with Gasteiger partial charge >= 0.3 is 0 Å². The van der Waals surface area contributed by atoms with Crippen molar-refractivity contribution in [1.29, 1.82) is 0 Å². The summed E-state index contributed by atoms with van der Waals surface area (Å²) < 4.78 is 0. The number of benzene rings is 1. The predicted molar refractivity (Wildman–Crippen MR) is 86.6 cm³/mol. The van der Waals surface area contributed by atoms with Crippen LogP contribution in [0, 0.1) is 12.8 Å². The average molecular weight is 289 g/mol. The highest BCUT2D eigenvalue weighted by Gasteiger charge is 2.23. The second-order valence-corrected chi connectivity index (χ2v) is 6.35. The average Bonchev–Trinajstić information content (AvgIpc) is 2.46. The molecule has 1 aromatic carbocycles. The van der Waals surface area contributed by atoms with Crippen LogP contribution < -0.4 is 5.32 Å². The van der Waals surface area contributed by atoms with Gasteiger partial charge in [0.05, 0.1) is 5.52 Å². The van der Waals surface area contributed by atoms with E-state index < -0.39 is 0 Å². The summed E-state index contributed by atoms with van der Waals surface area (Å²) in [5, 5.41) is 5.02. The zero-order chi connectivity index (χ0) is 13.9. The lowest BCUT2D eigenvalue weighted by Crippen LogP contribution is -2.27. The molecule has 1 N–H and O–H groups in total. The second-order valence-electron chi connectivity index (χ2n) is 5.79. The van der Waals surface area contributed by atoms with Crippen LogP contribution in [-0.2, 0) is 0 Å². The lowest BCUT2D eigenvalue weighted by Gasteiger charge is -2.27. The quantitative estimate of drug-likeness (QED) is 0.824. The molecule has 3 rings (SSSR count). The Morgan fingerprint density at radius 3 is 2.90 bits per heavy atom. The highest BCUT2D eigenvalue weighted by atomic mass is 35.5. The second kappa shape index (κ2) is 6.01. The molecule has 106 valence electrons. The number of rotatable bonds is 3. The molecule has 1 fully saturated rings. The van der Waals surface area contributed by atoms with Gasteiger partial charge in [0.15, 0.2) is 0 Å². The first-order valence-corrected chi connectivity index (χ1v) is 7.92. The van der Waals surface area contributed by atoms with Gasteiger partial charge in [0, 0.05) is 17.3 Å². The van der Waals surface area contributed by atoms with Gasteiger partial charge in [-0.05, 0) is 43.4 Å². The molecule has 1 aromatic heterocycles.